The lowest BCUT2D eigenvalue weighted by molar-refractivity contribution is 0.669. The van der Waals surface area contributed by atoms with E-state index in [4.69, 9.17) is 4.42 Å². The predicted octanol–water partition coefficient (Wildman–Crippen LogP) is 8.58. The van der Waals surface area contributed by atoms with Gasteiger partial charge in [-0.2, -0.15) is 0 Å². The molecule has 5 rings (SSSR count). The maximum absolute atomic E-state index is 6.29. The van der Waals surface area contributed by atoms with Crippen LogP contribution in [-0.2, 0) is 0 Å². The van der Waals surface area contributed by atoms with Gasteiger partial charge in [0.25, 0.3) is 0 Å². The van der Waals surface area contributed by atoms with E-state index in [1.54, 1.807) is 0 Å². The molecule has 1 aromatic heterocycles. The van der Waals surface area contributed by atoms with Crippen molar-refractivity contribution in [3.63, 3.8) is 0 Å². The molecule has 0 amide bonds. The minimum Gasteiger partial charge on any atom is -0.454 e. The number of halogens is 2. The molecule has 0 fully saturated rings. The van der Waals surface area contributed by atoms with Crippen LogP contribution in [0.2, 0.25) is 0 Å². The summed E-state index contributed by atoms with van der Waals surface area (Å²) in [6.45, 7) is 0. The average molecular weight is 493 g/mol. The van der Waals surface area contributed by atoms with Crippen molar-refractivity contribution in [1.29, 1.82) is 0 Å². The molecule has 5 aromatic rings. The van der Waals surface area contributed by atoms with E-state index in [0.29, 0.717) is 0 Å². The topological polar surface area (TPSA) is 16.4 Å². The van der Waals surface area contributed by atoms with E-state index in [9.17, 15) is 0 Å². The van der Waals surface area contributed by atoms with Gasteiger partial charge in [-0.25, -0.2) is 0 Å². The highest BCUT2D eigenvalue weighted by molar-refractivity contribution is 9.10. The molecule has 2 nitrogen and oxygen atoms in total. The van der Waals surface area contributed by atoms with Crippen LogP contribution in [0.4, 0.5) is 17.1 Å². The van der Waals surface area contributed by atoms with Gasteiger partial charge < -0.3 is 9.32 Å². The van der Waals surface area contributed by atoms with Gasteiger partial charge in [-0.1, -0.05) is 62.2 Å². The maximum atomic E-state index is 6.29. The van der Waals surface area contributed by atoms with Gasteiger partial charge in [-0.3, -0.25) is 0 Å². The third-order valence-electron chi connectivity index (χ3n) is 4.79. The third-order valence-corrected chi connectivity index (χ3v) is 5.85. The second kappa shape index (κ2) is 7.12. The standard InChI is InChI=1S/C24H15Br2NO/c25-16-8-12-18(13-9-16)27(19-14-10-17(26)11-15-19)22-6-3-5-21-20-4-1-2-7-23(20)28-24(21)22/h1-15H. The van der Waals surface area contributed by atoms with Crippen LogP contribution in [0.25, 0.3) is 21.9 Å². The molecule has 0 spiro atoms. The zero-order chi connectivity index (χ0) is 19.1. The first-order chi connectivity index (χ1) is 13.7. The van der Waals surface area contributed by atoms with E-state index < -0.39 is 0 Å². The van der Waals surface area contributed by atoms with Crippen molar-refractivity contribution in [3.8, 4) is 0 Å². The predicted molar refractivity (Wildman–Crippen MR) is 124 cm³/mol. The summed E-state index contributed by atoms with van der Waals surface area (Å²) in [7, 11) is 0. The lowest BCUT2D eigenvalue weighted by Crippen LogP contribution is -2.10. The minimum atomic E-state index is 0.884. The smallest absolute Gasteiger partial charge is 0.159 e. The Morgan fingerprint density at radius 2 is 1.14 bits per heavy atom. The van der Waals surface area contributed by atoms with Crippen LogP contribution in [0.1, 0.15) is 0 Å². The van der Waals surface area contributed by atoms with Crippen LogP contribution in [0.5, 0.6) is 0 Å². The van der Waals surface area contributed by atoms with Gasteiger partial charge >= 0.3 is 0 Å². The molecule has 136 valence electrons. The maximum Gasteiger partial charge on any atom is 0.159 e. The Bertz CT molecular complexity index is 1230. The van der Waals surface area contributed by atoms with Crippen molar-refractivity contribution in [3.05, 3.63) is 99.9 Å². The Kier molecular flexibility index (Phi) is 4.46. The number of benzene rings is 4. The van der Waals surface area contributed by atoms with E-state index in [2.05, 4.69) is 110 Å². The molecule has 0 unspecified atom stereocenters. The van der Waals surface area contributed by atoms with Gasteiger partial charge in [0.1, 0.15) is 5.58 Å². The van der Waals surface area contributed by atoms with E-state index >= 15 is 0 Å². The second-order valence-corrected chi connectivity index (χ2v) is 8.37. The highest BCUT2D eigenvalue weighted by Crippen LogP contribution is 2.42. The molecule has 0 aliphatic rings. The van der Waals surface area contributed by atoms with Gasteiger partial charge in [-0.05, 0) is 60.7 Å². The monoisotopic (exact) mass is 491 g/mol. The Labute approximate surface area is 179 Å². The Balaban J connectivity index is 1.79. The molecule has 1 heterocycles. The van der Waals surface area contributed by atoms with Crippen LogP contribution in [0.15, 0.2) is 104 Å². The molecule has 4 heteroatoms. The van der Waals surface area contributed by atoms with E-state index in [1.807, 2.05) is 18.2 Å². The number of hydrogen-bond acceptors (Lipinski definition) is 2. The molecule has 0 aliphatic carbocycles. The Morgan fingerprint density at radius 3 is 1.79 bits per heavy atom. The second-order valence-electron chi connectivity index (χ2n) is 6.54. The van der Waals surface area contributed by atoms with Gasteiger partial charge in [0.15, 0.2) is 5.58 Å². The number of hydrogen-bond donors (Lipinski definition) is 0. The Hall–Kier alpha value is -2.56. The SMILES string of the molecule is Brc1ccc(N(c2ccc(Br)cc2)c2cccc3c2oc2ccccc23)cc1. The summed E-state index contributed by atoms with van der Waals surface area (Å²) in [5.41, 5.74) is 4.93. The molecular weight excluding hydrogens is 478 g/mol. The normalized spacial score (nSPS) is 11.2. The van der Waals surface area contributed by atoms with Crippen LogP contribution in [0, 0.1) is 0 Å². The lowest BCUT2D eigenvalue weighted by Gasteiger charge is -2.25. The molecule has 0 N–H and O–H groups in total. The highest BCUT2D eigenvalue weighted by atomic mass is 79.9. The van der Waals surface area contributed by atoms with Gasteiger partial charge in [0.2, 0.25) is 0 Å². The summed E-state index contributed by atoms with van der Waals surface area (Å²) < 4.78 is 8.39. The van der Waals surface area contributed by atoms with Crippen LogP contribution < -0.4 is 4.90 Å². The summed E-state index contributed by atoms with van der Waals surface area (Å²) in [6, 6.07) is 31.1. The van der Waals surface area contributed by atoms with E-state index in [-0.39, 0.29) is 0 Å². The van der Waals surface area contributed by atoms with Crippen LogP contribution in [-0.4, -0.2) is 0 Å². The van der Waals surface area contributed by atoms with Gasteiger partial charge in [0.05, 0.1) is 5.69 Å². The third kappa shape index (κ3) is 3.03. The molecule has 0 aliphatic heterocycles. The fraction of sp³-hybridized carbons (Fsp3) is 0. The van der Waals surface area contributed by atoms with Crippen molar-refractivity contribution in [2.24, 2.45) is 0 Å². The molecular formula is C24H15Br2NO. The van der Waals surface area contributed by atoms with Gasteiger partial charge in [0, 0.05) is 31.1 Å². The highest BCUT2D eigenvalue weighted by Gasteiger charge is 2.18. The van der Waals surface area contributed by atoms with E-state index in [1.165, 1.54) is 0 Å². The van der Waals surface area contributed by atoms with Crippen molar-refractivity contribution >= 4 is 70.9 Å². The first-order valence-corrected chi connectivity index (χ1v) is 10.5. The summed E-state index contributed by atoms with van der Waals surface area (Å²) in [6.07, 6.45) is 0. The van der Waals surface area contributed by atoms with E-state index in [0.717, 1.165) is 47.9 Å². The first kappa shape index (κ1) is 17.5. The van der Waals surface area contributed by atoms with Crippen LogP contribution >= 0.6 is 31.9 Å². The zero-order valence-corrected chi connectivity index (χ0v) is 17.9. The summed E-state index contributed by atoms with van der Waals surface area (Å²) in [4.78, 5) is 2.23. The zero-order valence-electron chi connectivity index (χ0n) is 14.8. The largest absolute Gasteiger partial charge is 0.454 e. The fourth-order valence-corrected chi connectivity index (χ4v) is 4.04. The summed E-state index contributed by atoms with van der Waals surface area (Å²) >= 11 is 7.07. The number of rotatable bonds is 3. The average Bonchev–Trinajstić information content (AvgIpc) is 3.11. The molecule has 4 aromatic carbocycles. The quantitative estimate of drug-likeness (QED) is 0.250. The molecule has 0 saturated carbocycles. The van der Waals surface area contributed by atoms with Gasteiger partial charge in [-0.15, -0.1) is 0 Å². The molecule has 0 atom stereocenters. The molecule has 0 bridgehead atoms. The van der Waals surface area contributed by atoms with Crippen molar-refractivity contribution in [2.75, 3.05) is 4.90 Å². The molecule has 28 heavy (non-hydrogen) atoms. The Morgan fingerprint density at radius 1 is 0.571 bits per heavy atom. The van der Waals surface area contributed by atoms with Crippen molar-refractivity contribution in [2.45, 2.75) is 0 Å². The van der Waals surface area contributed by atoms with Crippen molar-refractivity contribution in [1.82, 2.24) is 0 Å². The van der Waals surface area contributed by atoms with Crippen LogP contribution in [0.3, 0.4) is 0 Å². The number of fused-ring (bicyclic) bond motifs is 3. The lowest BCUT2D eigenvalue weighted by atomic mass is 10.1. The number of furan rings is 1. The summed E-state index contributed by atoms with van der Waals surface area (Å²) in [5.74, 6) is 0. The number of nitrogens with zero attached hydrogens (tertiary/aromatic N) is 1. The minimum absolute atomic E-state index is 0.884. The first-order valence-electron chi connectivity index (χ1n) is 8.92. The summed E-state index contributed by atoms with van der Waals surface area (Å²) in [5, 5.41) is 2.25. The molecule has 0 radical (unpaired) electrons. The molecule has 0 saturated heterocycles. The number of anilines is 3. The number of para-hydroxylation sites is 2. The van der Waals surface area contributed by atoms with Crippen molar-refractivity contribution < 1.29 is 4.42 Å². The fourth-order valence-electron chi connectivity index (χ4n) is 3.52.